The molecule has 0 spiro atoms. The van der Waals surface area contributed by atoms with Crippen LogP contribution in [0.5, 0.6) is 0 Å². The van der Waals surface area contributed by atoms with E-state index in [1.165, 1.54) is 12.8 Å². The van der Waals surface area contributed by atoms with E-state index in [1.54, 1.807) is 0 Å². The zero-order chi connectivity index (χ0) is 8.04. The Morgan fingerprint density at radius 1 is 1.30 bits per heavy atom. The first-order chi connectivity index (χ1) is 4.56. The van der Waals surface area contributed by atoms with Crippen molar-refractivity contribution in [3.63, 3.8) is 0 Å². The average molecular weight is 141 g/mol. The molecule has 0 aromatic heterocycles. The van der Waals surface area contributed by atoms with E-state index in [9.17, 15) is 0 Å². The maximum Gasteiger partial charge on any atom is 0.0132 e. The van der Waals surface area contributed by atoms with Crippen LogP contribution in [0.2, 0.25) is 0 Å². The van der Waals surface area contributed by atoms with Gasteiger partial charge in [0, 0.05) is 5.54 Å². The molecule has 2 N–H and O–H groups in total. The van der Waals surface area contributed by atoms with Crippen LogP contribution in [-0.2, 0) is 0 Å². The third-order valence-electron chi connectivity index (χ3n) is 1.27. The molecule has 0 amide bonds. The summed E-state index contributed by atoms with van der Waals surface area (Å²) in [7, 11) is 0. The van der Waals surface area contributed by atoms with Crippen molar-refractivity contribution in [2.45, 2.75) is 45.6 Å². The Morgan fingerprint density at radius 3 is 2.30 bits per heavy atom. The fourth-order valence-electron chi connectivity index (χ4n) is 0.672. The first-order valence-corrected chi connectivity index (χ1v) is 4.00. The van der Waals surface area contributed by atoms with Crippen molar-refractivity contribution in [3.8, 4) is 0 Å². The van der Waals surface area contributed by atoms with Gasteiger partial charge < -0.3 is 5.73 Å². The lowest BCUT2D eigenvalue weighted by Crippen LogP contribution is -2.30. The van der Waals surface area contributed by atoms with Crippen LogP contribution in [0.15, 0.2) is 12.2 Å². The summed E-state index contributed by atoms with van der Waals surface area (Å²) < 4.78 is 0. The summed E-state index contributed by atoms with van der Waals surface area (Å²) in [5.74, 6) is 0. The SMILES string of the molecule is CCC/C=C/CC(C)(C)N. The molecule has 0 aromatic rings. The van der Waals surface area contributed by atoms with Crippen LogP contribution in [0.4, 0.5) is 0 Å². The van der Waals surface area contributed by atoms with Gasteiger partial charge in [0.15, 0.2) is 0 Å². The molecular weight excluding hydrogens is 122 g/mol. The second-order valence-corrected chi connectivity index (χ2v) is 3.45. The summed E-state index contributed by atoms with van der Waals surface area (Å²) in [5, 5.41) is 0. The molecule has 0 unspecified atom stereocenters. The lowest BCUT2D eigenvalue weighted by atomic mass is 10.0. The molecule has 0 heterocycles. The van der Waals surface area contributed by atoms with Crippen LogP contribution >= 0.6 is 0 Å². The highest BCUT2D eigenvalue weighted by Crippen LogP contribution is 2.04. The molecule has 0 radical (unpaired) electrons. The van der Waals surface area contributed by atoms with E-state index in [0.29, 0.717) is 0 Å². The van der Waals surface area contributed by atoms with Gasteiger partial charge in [0.25, 0.3) is 0 Å². The van der Waals surface area contributed by atoms with Crippen LogP contribution < -0.4 is 5.73 Å². The van der Waals surface area contributed by atoms with Crippen molar-refractivity contribution in [3.05, 3.63) is 12.2 Å². The van der Waals surface area contributed by atoms with Gasteiger partial charge in [-0.15, -0.1) is 0 Å². The van der Waals surface area contributed by atoms with E-state index < -0.39 is 0 Å². The van der Waals surface area contributed by atoms with Crippen molar-refractivity contribution in [2.75, 3.05) is 0 Å². The Balaban J connectivity index is 3.34. The maximum atomic E-state index is 5.77. The van der Waals surface area contributed by atoms with Crippen molar-refractivity contribution in [1.82, 2.24) is 0 Å². The molecule has 0 rings (SSSR count). The lowest BCUT2D eigenvalue weighted by molar-refractivity contribution is 0.527. The molecule has 1 heteroatoms. The molecule has 0 saturated carbocycles. The fourth-order valence-corrected chi connectivity index (χ4v) is 0.672. The van der Waals surface area contributed by atoms with Crippen LogP contribution in [-0.4, -0.2) is 5.54 Å². The number of nitrogens with two attached hydrogens (primary N) is 1. The molecule has 0 aromatic carbocycles. The minimum absolute atomic E-state index is 0.0375. The molecule has 0 aliphatic carbocycles. The Hall–Kier alpha value is -0.300. The Morgan fingerprint density at radius 2 is 1.90 bits per heavy atom. The third kappa shape index (κ3) is 7.70. The fraction of sp³-hybridized carbons (Fsp3) is 0.778. The molecular formula is C9H19N. The first-order valence-electron chi connectivity index (χ1n) is 4.00. The van der Waals surface area contributed by atoms with Crippen molar-refractivity contribution in [1.29, 1.82) is 0 Å². The highest BCUT2D eigenvalue weighted by molar-refractivity contribution is 4.89. The van der Waals surface area contributed by atoms with Crippen molar-refractivity contribution in [2.24, 2.45) is 5.73 Å². The summed E-state index contributed by atoms with van der Waals surface area (Å²) >= 11 is 0. The number of allylic oxidation sites excluding steroid dienone is 1. The predicted octanol–water partition coefficient (Wildman–Crippen LogP) is 2.47. The second-order valence-electron chi connectivity index (χ2n) is 3.45. The van der Waals surface area contributed by atoms with E-state index >= 15 is 0 Å². The minimum atomic E-state index is -0.0375. The number of hydrogen-bond acceptors (Lipinski definition) is 1. The number of rotatable bonds is 4. The van der Waals surface area contributed by atoms with Crippen LogP contribution in [0.25, 0.3) is 0 Å². The number of unbranched alkanes of at least 4 members (excludes halogenated alkanes) is 1. The normalized spacial score (nSPS) is 12.8. The quantitative estimate of drug-likeness (QED) is 0.598. The van der Waals surface area contributed by atoms with E-state index in [-0.39, 0.29) is 5.54 Å². The van der Waals surface area contributed by atoms with E-state index in [4.69, 9.17) is 5.73 Å². The predicted molar refractivity (Wildman–Crippen MR) is 46.9 cm³/mol. The van der Waals surface area contributed by atoms with Gasteiger partial charge in [0.1, 0.15) is 0 Å². The average Bonchev–Trinajstić information content (AvgIpc) is 1.78. The Labute approximate surface area is 64.3 Å². The maximum absolute atomic E-state index is 5.77. The molecule has 0 aliphatic heterocycles. The van der Waals surface area contributed by atoms with Gasteiger partial charge >= 0.3 is 0 Å². The minimum Gasteiger partial charge on any atom is -0.325 e. The van der Waals surface area contributed by atoms with Gasteiger partial charge in [-0.2, -0.15) is 0 Å². The van der Waals surface area contributed by atoms with Crippen molar-refractivity contribution >= 4 is 0 Å². The molecule has 0 saturated heterocycles. The standard InChI is InChI=1S/C9H19N/c1-4-5-6-7-8-9(2,3)10/h6-7H,4-5,8,10H2,1-3H3/b7-6+. The topological polar surface area (TPSA) is 26.0 Å². The second kappa shape index (κ2) is 4.51. The van der Waals surface area contributed by atoms with Crippen LogP contribution in [0.3, 0.4) is 0 Å². The van der Waals surface area contributed by atoms with E-state index in [1.807, 2.05) is 13.8 Å². The van der Waals surface area contributed by atoms with Gasteiger partial charge in [0.2, 0.25) is 0 Å². The van der Waals surface area contributed by atoms with Crippen molar-refractivity contribution < 1.29 is 0 Å². The van der Waals surface area contributed by atoms with Gasteiger partial charge in [-0.05, 0) is 26.7 Å². The Kier molecular flexibility index (Phi) is 4.37. The van der Waals surface area contributed by atoms with E-state index in [0.717, 1.165) is 6.42 Å². The molecule has 0 aliphatic rings. The van der Waals surface area contributed by atoms with Crippen LogP contribution in [0, 0.1) is 0 Å². The zero-order valence-electron chi connectivity index (χ0n) is 7.35. The monoisotopic (exact) mass is 141 g/mol. The summed E-state index contributed by atoms with van der Waals surface area (Å²) in [6.07, 6.45) is 7.75. The van der Waals surface area contributed by atoms with Gasteiger partial charge in [0.05, 0.1) is 0 Å². The first kappa shape index (κ1) is 9.70. The van der Waals surface area contributed by atoms with Gasteiger partial charge in [-0.1, -0.05) is 25.5 Å². The smallest absolute Gasteiger partial charge is 0.0132 e. The Bertz CT molecular complexity index is 97.8. The highest BCUT2D eigenvalue weighted by Gasteiger charge is 2.05. The molecule has 0 atom stereocenters. The summed E-state index contributed by atoms with van der Waals surface area (Å²) in [4.78, 5) is 0. The summed E-state index contributed by atoms with van der Waals surface area (Å²) in [5.41, 5.74) is 5.73. The highest BCUT2D eigenvalue weighted by atomic mass is 14.7. The zero-order valence-corrected chi connectivity index (χ0v) is 7.35. The molecule has 0 fully saturated rings. The summed E-state index contributed by atoms with van der Waals surface area (Å²) in [6.45, 7) is 6.27. The molecule has 0 bridgehead atoms. The molecule has 1 nitrogen and oxygen atoms in total. The van der Waals surface area contributed by atoms with Crippen LogP contribution in [0.1, 0.15) is 40.0 Å². The molecule has 10 heavy (non-hydrogen) atoms. The molecule has 60 valence electrons. The largest absolute Gasteiger partial charge is 0.325 e. The summed E-state index contributed by atoms with van der Waals surface area (Å²) in [6, 6.07) is 0. The van der Waals surface area contributed by atoms with Gasteiger partial charge in [-0.3, -0.25) is 0 Å². The lowest BCUT2D eigenvalue weighted by Gasteiger charge is -2.14. The van der Waals surface area contributed by atoms with Gasteiger partial charge in [-0.25, -0.2) is 0 Å². The third-order valence-corrected chi connectivity index (χ3v) is 1.27. The van der Waals surface area contributed by atoms with E-state index in [2.05, 4.69) is 19.1 Å². The number of hydrogen-bond donors (Lipinski definition) is 1.